The van der Waals surface area contributed by atoms with E-state index < -0.39 is 0 Å². The highest BCUT2D eigenvalue weighted by molar-refractivity contribution is 5.24. The molecule has 2 aromatic rings. The third-order valence-electron chi connectivity index (χ3n) is 4.04. The minimum Gasteiger partial charge on any atom is -0.462 e. The van der Waals surface area contributed by atoms with Crippen LogP contribution < -0.4 is 0 Å². The van der Waals surface area contributed by atoms with Crippen LogP contribution in [0.15, 0.2) is 16.5 Å². The Hall–Kier alpha value is -1.63. The molecule has 0 saturated carbocycles. The normalized spacial score (nSPS) is 11.6. The van der Waals surface area contributed by atoms with Crippen molar-refractivity contribution in [2.45, 2.75) is 33.5 Å². The average molecular weight is 321 g/mol. The first-order valence-electron chi connectivity index (χ1n) is 7.82. The van der Waals surface area contributed by atoms with E-state index in [-0.39, 0.29) is 0 Å². The Balaban J connectivity index is 2.09. The molecule has 0 radical (unpaired) electrons. The first kappa shape index (κ1) is 17.7. The van der Waals surface area contributed by atoms with Crippen molar-refractivity contribution >= 4 is 0 Å². The molecular weight excluding hydrogens is 294 g/mol. The molecule has 0 aliphatic rings. The molecule has 0 aliphatic heterocycles. The molecule has 0 bridgehead atoms. The predicted molar refractivity (Wildman–Crippen MR) is 88.1 cm³/mol. The summed E-state index contributed by atoms with van der Waals surface area (Å²) >= 11 is 0. The molecule has 0 amide bonds. The van der Waals surface area contributed by atoms with Gasteiger partial charge >= 0.3 is 0 Å². The lowest BCUT2D eigenvalue weighted by molar-refractivity contribution is 0.130. The van der Waals surface area contributed by atoms with E-state index in [2.05, 4.69) is 23.8 Å². The van der Waals surface area contributed by atoms with Crippen molar-refractivity contribution in [2.75, 3.05) is 27.4 Å². The zero-order valence-electron chi connectivity index (χ0n) is 14.8. The highest BCUT2D eigenvalue weighted by Crippen LogP contribution is 2.18. The van der Waals surface area contributed by atoms with E-state index in [1.807, 2.05) is 23.9 Å². The second-order valence-electron chi connectivity index (χ2n) is 5.78. The van der Waals surface area contributed by atoms with Crippen LogP contribution in [0.5, 0.6) is 0 Å². The van der Waals surface area contributed by atoms with Crippen LogP contribution in [0.4, 0.5) is 0 Å². The smallest absolute Gasteiger partial charge is 0.129 e. The topological polar surface area (TPSA) is 52.7 Å². The van der Waals surface area contributed by atoms with E-state index in [4.69, 9.17) is 13.9 Å². The highest BCUT2D eigenvalue weighted by atomic mass is 16.5. The van der Waals surface area contributed by atoms with Gasteiger partial charge in [-0.15, -0.1) is 0 Å². The van der Waals surface area contributed by atoms with Gasteiger partial charge in [-0.1, -0.05) is 0 Å². The van der Waals surface area contributed by atoms with Gasteiger partial charge in [0, 0.05) is 45.6 Å². The van der Waals surface area contributed by atoms with Crippen LogP contribution >= 0.6 is 0 Å². The molecule has 0 atom stereocenters. The minimum absolute atomic E-state index is 0.499. The summed E-state index contributed by atoms with van der Waals surface area (Å²) in [6.07, 6.45) is 0. The molecule has 0 spiro atoms. The van der Waals surface area contributed by atoms with Gasteiger partial charge in [0.25, 0.3) is 0 Å². The summed E-state index contributed by atoms with van der Waals surface area (Å²) in [5, 5.41) is 4.50. The maximum absolute atomic E-state index is 5.81. The van der Waals surface area contributed by atoms with E-state index in [0.717, 1.165) is 36.8 Å². The van der Waals surface area contributed by atoms with Gasteiger partial charge < -0.3 is 13.9 Å². The SMILES string of the molecule is COCCN(Cc1ccc(COC)o1)Cc1c(C)nn(C)c1C. The van der Waals surface area contributed by atoms with Crippen LogP contribution in [-0.4, -0.2) is 42.1 Å². The molecule has 0 saturated heterocycles. The Morgan fingerprint density at radius 1 is 1.13 bits per heavy atom. The summed E-state index contributed by atoms with van der Waals surface area (Å²) in [5.41, 5.74) is 3.55. The van der Waals surface area contributed by atoms with Crippen molar-refractivity contribution in [3.05, 3.63) is 40.6 Å². The lowest BCUT2D eigenvalue weighted by atomic mass is 10.2. The van der Waals surface area contributed by atoms with E-state index in [1.54, 1.807) is 14.2 Å². The number of furan rings is 1. The summed E-state index contributed by atoms with van der Waals surface area (Å²) in [5.74, 6) is 1.79. The number of aromatic nitrogens is 2. The van der Waals surface area contributed by atoms with Gasteiger partial charge in [-0.05, 0) is 26.0 Å². The molecule has 0 fully saturated rings. The Bertz CT molecular complexity index is 619. The Morgan fingerprint density at radius 3 is 2.48 bits per heavy atom. The largest absolute Gasteiger partial charge is 0.462 e. The zero-order chi connectivity index (χ0) is 16.8. The zero-order valence-corrected chi connectivity index (χ0v) is 14.8. The molecule has 0 N–H and O–H groups in total. The molecule has 23 heavy (non-hydrogen) atoms. The lowest BCUT2D eigenvalue weighted by Crippen LogP contribution is -2.27. The van der Waals surface area contributed by atoms with Crippen LogP contribution in [-0.2, 0) is 36.2 Å². The fourth-order valence-corrected chi connectivity index (χ4v) is 2.65. The van der Waals surface area contributed by atoms with Crippen molar-refractivity contribution < 1.29 is 13.9 Å². The molecule has 2 rings (SSSR count). The number of ether oxygens (including phenoxy) is 2. The maximum Gasteiger partial charge on any atom is 0.129 e. The number of methoxy groups -OCH3 is 2. The van der Waals surface area contributed by atoms with E-state index >= 15 is 0 Å². The van der Waals surface area contributed by atoms with Crippen molar-refractivity contribution in [3.8, 4) is 0 Å². The van der Waals surface area contributed by atoms with Crippen molar-refractivity contribution in [3.63, 3.8) is 0 Å². The second-order valence-corrected chi connectivity index (χ2v) is 5.78. The Kier molecular flexibility index (Phi) is 6.38. The third-order valence-corrected chi connectivity index (χ3v) is 4.04. The number of hydrogen-bond donors (Lipinski definition) is 0. The van der Waals surface area contributed by atoms with Gasteiger partial charge in [0.2, 0.25) is 0 Å². The van der Waals surface area contributed by atoms with Gasteiger partial charge in [0.05, 0.1) is 18.8 Å². The molecule has 2 heterocycles. The van der Waals surface area contributed by atoms with Crippen LogP contribution in [0.1, 0.15) is 28.5 Å². The molecule has 6 nitrogen and oxygen atoms in total. The Morgan fingerprint density at radius 2 is 1.87 bits per heavy atom. The molecular formula is C17H27N3O3. The summed E-state index contributed by atoms with van der Waals surface area (Å²) in [6, 6.07) is 3.98. The van der Waals surface area contributed by atoms with Crippen LogP contribution in [0.3, 0.4) is 0 Å². The summed E-state index contributed by atoms with van der Waals surface area (Å²) in [4.78, 5) is 2.32. The molecule has 0 aromatic carbocycles. The Labute approximate surface area is 138 Å². The number of aryl methyl sites for hydroxylation is 2. The molecule has 2 aromatic heterocycles. The van der Waals surface area contributed by atoms with Gasteiger partial charge in [-0.3, -0.25) is 9.58 Å². The van der Waals surface area contributed by atoms with Crippen molar-refractivity contribution in [2.24, 2.45) is 7.05 Å². The minimum atomic E-state index is 0.499. The maximum atomic E-state index is 5.81. The third kappa shape index (κ3) is 4.67. The lowest BCUT2D eigenvalue weighted by Gasteiger charge is -2.21. The molecule has 128 valence electrons. The summed E-state index contributed by atoms with van der Waals surface area (Å²) in [7, 11) is 5.37. The standard InChI is InChI=1S/C17H27N3O3/c1-13-17(14(2)19(3)18-13)11-20(8-9-21-4)10-15-6-7-16(23-15)12-22-5/h6-7H,8-12H2,1-5H3. The quantitative estimate of drug-likeness (QED) is 0.710. The van der Waals surface area contributed by atoms with E-state index in [0.29, 0.717) is 13.2 Å². The first-order chi connectivity index (χ1) is 11.0. The second kappa shape index (κ2) is 8.29. The average Bonchev–Trinajstić information content (AvgIpc) is 3.05. The van der Waals surface area contributed by atoms with Crippen LogP contribution in [0.2, 0.25) is 0 Å². The summed E-state index contributed by atoms with van der Waals surface area (Å²) in [6.45, 7) is 7.75. The summed E-state index contributed by atoms with van der Waals surface area (Å²) < 4.78 is 18.1. The number of nitrogens with zero attached hydrogens (tertiary/aromatic N) is 3. The van der Waals surface area contributed by atoms with Gasteiger partial charge in [0.15, 0.2) is 0 Å². The van der Waals surface area contributed by atoms with Crippen molar-refractivity contribution in [1.29, 1.82) is 0 Å². The number of rotatable bonds is 9. The fourth-order valence-electron chi connectivity index (χ4n) is 2.65. The van der Waals surface area contributed by atoms with E-state index in [1.165, 1.54) is 11.3 Å². The van der Waals surface area contributed by atoms with Gasteiger partial charge in [0.1, 0.15) is 18.1 Å². The van der Waals surface area contributed by atoms with Gasteiger partial charge in [-0.2, -0.15) is 5.10 Å². The molecule has 6 heteroatoms. The van der Waals surface area contributed by atoms with Gasteiger partial charge in [-0.25, -0.2) is 0 Å². The van der Waals surface area contributed by atoms with E-state index in [9.17, 15) is 0 Å². The first-order valence-corrected chi connectivity index (χ1v) is 7.82. The predicted octanol–water partition coefficient (Wildman–Crippen LogP) is 2.42. The van der Waals surface area contributed by atoms with Crippen LogP contribution in [0.25, 0.3) is 0 Å². The van der Waals surface area contributed by atoms with Crippen LogP contribution in [0, 0.1) is 13.8 Å². The monoisotopic (exact) mass is 321 g/mol. The fraction of sp³-hybridized carbons (Fsp3) is 0.588. The van der Waals surface area contributed by atoms with Crippen molar-refractivity contribution in [1.82, 2.24) is 14.7 Å². The molecule has 0 unspecified atom stereocenters. The highest BCUT2D eigenvalue weighted by Gasteiger charge is 2.15. The molecule has 0 aliphatic carbocycles. The number of hydrogen-bond acceptors (Lipinski definition) is 5.